The van der Waals surface area contributed by atoms with Crippen LogP contribution in [0.15, 0.2) is 18.2 Å². The molecule has 0 aliphatic carbocycles. The van der Waals surface area contributed by atoms with E-state index in [9.17, 15) is 26.3 Å². The molecule has 0 unspecified atom stereocenters. The minimum absolute atomic E-state index is 0.0783. The van der Waals surface area contributed by atoms with E-state index in [-0.39, 0.29) is 19.0 Å². The molecule has 0 atom stereocenters. The third kappa shape index (κ3) is 6.27. The third-order valence-corrected chi connectivity index (χ3v) is 1.86. The Morgan fingerprint density at radius 2 is 1.79 bits per heavy atom. The topological polar surface area (TPSA) is 34.1 Å². The van der Waals surface area contributed by atoms with Crippen LogP contribution in [-0.4, -0.2) is 30.9 Å². The van der Waals surface area contributed by atoms with E-state index in [0.29, 0.717) is 0 Å². The summed E-state index contributed by atoms with van der Waals surface area (Å²) in [6, 6.07) is 3.22. The van der Waals surface area contributed by atoms with Crippen LogP contribution in [0.4, 0.5) is 32.2 Å². The van der Waals surface area contributed by atoms with Crippen molar-refractivity contribution in [1.29, 1.82) is 0 Å². The lowest BCUT2D eigenvalue weighted by atomic mass is 10.3. The molecule has 1 rings (SSSR count). The van der Waals surface area contributed by atoms with Crippen molar-refractivity contribution in [3.8, 4) is 0 Å². The minimum Gasteiger partial charge on any atom is -0.370 e. The molecule has 0 saturated carbocycles. The number of pyridine rings is 1. The molecule has 0 fully saturated rings. The molecule has 0 amide bonds. The van der Waals surface area contributed by atoms with Crippen molar-refractivity contribution in [3.05, 3.63) is 23.9 Å². The van der Waals surface area contributed by atoms with Gasteiger partial charge < -0.3 is 10.1 Å². The Bertz CT molecular complexity index is 404. The summed E-state index contributed by atoms with van der Waals surface area (Å²) >= 11 is 0. The molecule has 1 aromatic rings. The average Bonchev–Trinajstić information content (AvgIpc) is 2.26. The van der Waals surface area contributed by atoms with Crippen molar-refractivity contribution in [2.45, 2.75) is 12.4 Å². The highest BCUT2D eigenvalue weighted by Crippen LogP contribution is 2.28. The Balaban J connectivity index is 2.38. The molecule has 1 heterocycles. The van der Waals surface area contributed by atoms with Crippen LogP contribution in [0.5, 0.6) is 0 Å². The van der Waals surface area contributed by atoms with Crippen LogP contribution in [0.25, 0.3) is 0 Å². The second-order valence-corrected chi connectivity index (χ2v) is 3.50. The number of hydrogen-bond acceptors (Lipinski definition) is 3. The fourth-order valence-corrected chi connectivity index (χ4v) is 1.13. The second kappa shape index (κ2) is 6.09. The summed E-state index contributed by atoms with van der Waals surface area (Å²) in [6.45, 7) is -1.77. The van der Waals surface area contributed by atoms with Crippen molar-refractivity contribution in [3.63, 3.8) is 0 Å². The largest absolute Gasteiger partial charge is 0.433 e. The quantitative estimate of drug-likeness (QED) is 0.668. The van der Waals surface area contributed by atoms with Gasteiger partial charge in [-0.2, -0.15) is 26.3 Å². The minimum atomic E-state index is -4.57. The fourth-order valence-electron chi connectivity index (χ4n) is 1.13. The Morgan fingerprint density at radius 3 is 2.37 bits per heavy atom. The summed E-state index contributed by atoms with van der Waals surface area (Å²) in [5.41, 5.74) is -1.08. The molecule has 0 radical (unpaired) electrons. The van der Waals surface area contributed by atoms with Gasteiger partial charge in [0.15, 0.2) is 0 Å². The van der Waals surface area contributed by atoms with Gasteiger partial charge in [-0.1, -0.05) is 6.07 Å². The zero-order valence-corrected chi connectivity index (χ0v) is 9.48. The molecule has 1 N–H and O–H groups in total. The van der Waals surface area contributed by atoms with Gasteiger partial charge in [-0.05, 0) is 12.1 Å². The number of alkyl halides is 6. The average molecular weight is 288 g/mol. The van der Waals surface area contributed by atoms with Gasteiger partial charge >= 0.3 is 12.4 Å². The van der Waals surface area contributed by atoms with Crippen LogP contribution in [0.2, 0.25) is 0 Å². The number of rotatable bonds is 5. The molecule has 0 aromatic carbocycles. The maximum atomic E-state index is 12.3. The van der Waals surface area contributed by atoms with Gasteiger partial charge in [-0.25, -0.2) is 4.98 Å². The Hall–Kier alpha value is -1.51. The SMILES string of the molecule is FC(F)(F)COCCNc1cccc(C(F)(F)F)n1. The molecular formula is C10H10F6N2O. The first-order valence-electron chi connectivity index (χ1n) is 5.11. The molecule has 108 valence electrons. The number of nitrogens with one attached hydrogen (secondary N) is 1. The summed E-state index contributed by atoms with van der Waals surface area (Å²) in [7, 11) is 0. The van der Waals surface area contributed by atoms with Crippen LogP contribution in [0, 0.1) is 0 Å². The van der Waals surface area contributed by atoms with Gasteiger partial charge in [-0.3, -0.25) is 0 Å². The van der Waals surface area contributed by atoms with Crippen molar-refractivity contribution >= 4 is 5.82 Å². The number of ether oxygens (including phenoxy) is 1. The van der Waals surface area contributed by atoms with E-state index in [2.05, 4.69) is 15.0 Å². The number of halogens is 6. The summed E-state index contributed by atoms with van der Waals surface area (Å²) in [5.74, 6) is -0.0783. The van der Waals surface area contributed by atoms with Crippen LogP contribution in [-0.2, 0) is 10.9 Å². The molecule has 9 heteroatoms. The molecule has 1 aromatic heterocycles. The first kappa shape index (κ1) is 15.5. The zero-order valence-electron chi connectivity index (χ0n) is 9.48. The highest BCUT2D eigenvalue weighted by atomic mass is 19.4. The number of aromatic nitrogens is 1. The Labute approximate surface area is 104 Å². The molecule has 0 saturated heterocycles. The van der Waals surface area contributed by atoms with E-state index in [4.69, 9.17) is 0 Å². The summed E-state index contributed by atoms with van der Waals surface area (Å²) < 4.78 is 76.3. The Kier molecular flexibility index (Phi) is 4.98. The van der Waals surface area contributed by atoms with Crippen LogP contribution < -0.4 is 5.32 Å². The molecular weight excluding hydrogens is 278 g/mol. The Morgan fingerprint density at radius 1 is 1.11 bits per heavy atom. The van der Waals surface area contributed by atoms with E-state index in [1.165, 1.54) is 6.07 Å². The van der Waals surface area contributed by atoms with Crippen molar-refractivity contribution in [1.82, 2.24) is 4.98 Å². The lowest BCUT2D eigenvalue weighted by Gasteiger charge is -2.10. The van der Waals surface area contributed by atoms with Gasteiger partial charge in [0, 0.05) is 6.54 Å². The number of nitrogens with zero attached hydrogens (tertiary/aromatic N) is 1. The molecule has 3 nitrogen and oxygen atoms in total. The lowest BCUT2D eigenvalue weighted by Crippen LogP contribution is -2.20. The smallest absolute Gasteiger partial charge is 0.370 e. The predicted octanol–water partition coefficient (Wildman–Crippen LogP) is 3.09. The third-order valence-electron chi connectivity index (χ3n) is 1.86. The van der Waals surface area contributed by atoms with E-state index < -0.39 is 24.7 Å². The normalized spacial score (nSPS) is 12.5. The number of anilines is 1. The molecule has 0 aliphatic rings. The van der Waals surface area contributed by atoms with E-state index >= 15 is 0 Å². The van der Waals surface area contributed by atoms with Crippen molar-refractivity contribution in [2.24, 2.45) is 0 Å². The summed E-state index contributed by atoms with van der Waals surface area (Å²) in [4.78, 5) is 3.28. The number of hydrogen-bond donors (Lipinski definition) is 1. The fraction of sp³-hybridized carbons (Fsp3) is 0.500. The summed E-state index contributed by atoms with van der Waals surface area (Å²) in [5, 5.41) is 2.44. The standard InChI is InChI=1S/C10H10F6N2O/c11-9(12,13)6-19-5-4-17-8-3-1-2-7(18-8)10(14,15)16/h1-3H,4-6H2,(H,17,18). The van der Waals surface area contributed by atoms with Gasteiger partial charge in [0.25, 0.3) is 0 Å². The predicted molar refractivity (Wildman–Crippen MR) is 54.6 cm³/mol. The lowest BCUT2D eigenvalue weighted by molar-refractivity contribution is -0.172. The highest BCUT2D eigenvalue weighted by Gasteiger charge is 2.32. The van der Waals surface area contributed by atoms with Gasteiger partial charge in [0.2, 0.25) is 0 Å². The molecule has 0 aliphatic heterocycles. The second-order valence-electron chi connectivity index (χ2n) is 3.50. The van der Waals surface area contributed by atoms with Gasteiger partial charge in [0.1, 0.15) is 18.1 Å². The van der Waals surface area contributed by atoms with Crippen molar-refractivity contribution in [2.75, 3.05) is 25.1 Å². The maximum absolute atomic E-state index is 12.3. The van der Waals surface area contributed by atoms with E-state index in [1.807, 2.05) is 0 Å². The van der Waals surface area contributed by atoms with Gasteiger partial charge in [0.05, 0.1) is 6.61 Å². The zero-order chi connectivity index (χ0) is 14.5. The highest BCUT2D eigenvalue weighted by molar-refractivity contribution is 5.35. The maximum Gasteiger partial charge on any atom is 0.433 e. The molecule has 0 spiro atoms. The van der Waals surface area contributed by atoms with Crippen LogP contribution >= 0.6 is 0 Å². The monoisotopic (exact) mass is 288 g/mol. The summed E-state index contributed by atoms with van der Waals surface area (Å²) in [6.07, 6.45) is -8.99. The van der Waals surface area contributed by atoms with Crippen molar-refractivity contribution < 1.29 is 31.1 Å². The first-order chi connectivity index (χ1) is 8.68. The molecule has 0 bridgehead atoms. The van der Waals surface area contributed by atoms with E-state index in [0.717, 1.165) is 12.1 Å². The van der Waals surface area contributed by atoms with Crippen LogP contribution in [0.1, 0.15) is 5.69 Å². The van der Waals surface area contributed by atoms with Gasteiger partial charge in [-0.15, -0.1) is 0 Å². The van der Waals surface area contributed by atoms with E-state index in [1.54, 1.807) is 0 Å². The molecule has 19 heavy (non-hydrogen) atoms. The van der Waals surface area contributed by atoms with Crippen LogP contribution in [0.3, 0.4) is 0 Å². The first-order valence-corrected chi connectivity index (χ1v) is 5.11.